The molecule has 3 aromatic rings. The Morgan fingerprint density at radius 1 is 1.19 bits per heavy atom. The average molecular weight is 521 g/mol. The Bertz CT molecular complexity index is 1180. The summed E-state index contributed by atoms with van der Waals surface area (Å²) in [6, 6.07) is 4.11. The van der Waals surface area contributed by atoms with Crippen LogP contribution in [0.3, 0.4) is 0 Å². The van der Waals surface area contributed by atoms with E-state index in [2.05, 4.69) is 26.7 Å². The quantitative estimate of drug-likeness (QED) is 0.433. The predicted molar refractivity (Wildman–Crippen MR) is 128 cm³/mol. The highest BCUT2D eigenvalue weighted by Crippen LogP contribution is 2.33. The molecule has 32 heavy (non-hydrogen) atoms. The lowest BCUT2D eigenvalue weighted by atomic mass is 9.98. The molecule has 1 N–H and O–H groups in total. The van der Waals surface area contributed by atoms with Crippen LogP contribution in [0.15, 0.2) is 28.7 Å². The van der Waals surface area contributed by atoms with E-state index in [1.54, 1.807) is 25.8 Å². The number of unbranched alkanes of at least 4 members (excludes halogenated alkanes) is 1. The van der Waals surface area contributed by atoms with Crippen molar-refractivity contribution < 1.29 is 17.9 Å². The Hall–Kier alpha value is -1.56. The zero-order chi connectivity index (χ0) is 22.0. The van der Waals surface area contributed by atoms with Gasteiger partial charge in [0, 0.05) is 31.2 Å². The van der Waals surface area contributed by atoms with Crippen LogP contribution in [0, 0.1) is 0 Å². The van der Waals surface area contributed by atoms with Gasteiger partial charge in [0.1, 0.15) is 0 Å². The molecule has 0 amide bonds. The number of ether oxygens (including phenoxy) is 2. The molecule has 1 aromatic carbocycles. The Morgan fingerprint density at radius 3 is 2.62 bits per heavy atom. The number of halogens is 2. The number of hydrogen-bond donors (Lipinski definition) is 1. The second-order valence-electron chi connectivity index (χ2n) is 7.37. The third-order valence-electron chi connectivity index (χ3n) is 5.42. The van der Waals surface area contributed by atoms with E-state index in [0.717, 1.165) is 50.4 Å². The number of thiazole rings is 1. The van der Waals surface area contributed by atoms with Gasteiger partial charge < -0.3 is 9.47 Å². The largest absolute Gasteiger partial charge is 0.493 e. The third-order valence-corrected chi connectivity index (χ3v) is 8.04. The molecule has 0 unspecified atom stereocenters. The molecular weight excluding hydrogens is 495 g/mol. The molecule has 176 valence electrons. The summed E-state index contributed by atoms with van der Waals surface area (Å²) in [6.45, 7) is 3.07. The molecule has 1 aliphatic rings. The zero-order valence-electron chi connectivity index (χ0n) is 17.8. The van der Waals surface area contributed by atoms with E-state index in [-0.39, 0.29) is 22.6 Å². The standard InChI is InChI=1S/C20H25ClN4O4S2.ClH/c1-28-16-11-14-5-8-24(13-15(14)12-17(16)29-2)7-4-3-6-22-31(26,27)19-18(21)23-20-25(19)9-10-30-20;/h9-12,22H,3-8,13H2,1-2H3;1H. The monoisotopic (exact) mass is 520 g/mol. The first-order valence-electron chi connectivity index (χ1n) is 10.00. The van der Waals surface area contributed by atoms with E-state index < -0.39 is 10.0 Å². The maximum Gasteiger partial charge on any atom is 0.259 e. The summed E-state index contributed by atoms with van der Waals surface area (Å²) in [5.41, 5.74) is 2.54. The number of hydrogen-bond acceptors (Lipinski definition) is 7. The summed E-state index contributed by atoms with van der Waals surface area (Å²) < 4.78 is 40.3. The van der Waals surface area contributed by atoms with Crippen molar-refractivity contribution in [2.45, 2.75) is 30.8 Å². The molecule has 0 aliphatic carbocycles. The highest BCUT2D eigenvalue weighted by atomic mass is 35.5. The van der Waals surface area contributed by atoms with Crippen LogP contribution >= 0.6 is 35.3 Å². The van der Waals surface area contributed by atoms with E-state index in [9.17, 15) is 8.42 Å². The summed E-state index contributed by atoms with van der Waals surface area (Å²) in [4.78, 5) is 7.03. The van der Waals surface area contributed by atoms with Crippen LogP contribution in [0.1, 0.15) is 24.0 Å². The van der Waals surface area contributed by atoms with Gasteiger partial charge in [-0.25, -0.2) is 18.1 Å². The molecule has 0 atom stereocenters. The van der Waals surface area contributed by atoms with Crippen molar-refractivity contribution in [2.24, 2.45) is 0 Å². The Morgan fingerprint density at radius 2 is 1.91 bits per heavy atom. The number of imidazole rings is 1. The lowest BCUT2D eigenvalue weighted by Gasteiger charge is -2.29. The first kappa shape index (κ1) is 25.1. The van der Waals surface area contributed by atoms with Crippen LogP contribution in [-0.4, -0.2) is 56.6 Å². The van der Waals surface area contributed by atoms with Crippen molar-refractivity contribution in [2.75, 3.05) is 33.9 Å². The van der Waals surface area contributed by atoms with Gasteiger partial charge in [-0.05, 0) is 49.1 Å². The number of nitrogens with zero attached hydrogens (tertiary/aromatic N) is 3. The maximum atomic E-state index is 12.7. The maximum absolute atomic E-state index is 12.7. The molecule has 1 aliphatic heterocycles. The number of rotatable bonds is 9. The summed E-state index contributed by atoms with van der Waals surface area (Å²) >= 11 is 7.39. The second kappa shape index (κ2) is 10.6. The van der Waals surface area contributed by atoms with Crippen molar-refractivity contribution in [3.63, 3.8) is 0 Å². The van der Waals surface area contributed by atoms with Crippen LogP contribution < -0.4 is 14.2 Å². The van der Waals surface area contributed by atoms with E-state index in [1.807, 2.05) is 0 Å². The predicted octanol–water partition coefficient (Wildman–Crippen LogP) is 3.61. The number of nitrogens with one attached hydrogen (secondary N) is 1. The SMILES string of the molecule is COc1cc2c(cc1OC)CN(CCCCNS(=O)(=O)c1c(Cl)nc3sccn13)CC2.Cl. The molecule has 0 saturated heterocycles. The minimum atomic E-state index is -3.72. The average Bonchev–Trinajstić information content (AvgIpc) is 3.32. The molecule has 12 heteroatoms. The fourth-order valence-corrected chi connectivity index (χ4v) is 6.37. The first-order chi connectivity index (χ1) is 14.9. The van der Waals surface area contributed by atoms with Crippen molar-refractivity contribution >= 4 is 50.3 Å². The number of sulfonamides is 1. The molecule has 3 heterocycles. The van der Waals surface area contributed by atoms with E-state index in [0.29, 0.717) is 11.5 Å². The minimum absolute atomic E-state index is 0. The summed E-state index contributed by atoms with van der Waals surface area (Å²) in [6.07, 6.45) is 4.24. The van der Waals surface area contributed by atoms with Gasteiger partial charge in [-0.1, -0.05) is 11.6 Å². The van der Waals surface area contributed by atoms with Gasteiger partial charge in [-0.15, -0.1) is 23.7 Å². The number of aromatic nitrogens is 2. The molecular formula is C20H26Cl2N4O4S2. The molecule has 0 spiro atoms. The first-order valence-corrected chi connectivity index (χ1v) is 12.7. The Kier molecular flexibility index (Phi) is 8.29. The molecule has 0 bridgehead atoms. The molecule has 0 radical (unpaired) electrons. The van der Waals surface area contributed by atoms with Crippen LogP contribution in [0.5, 0.6) is 11.5 Å². The summed E-state index contributed by atoms with van der Waals surface area (Å²) in [5, 5.41) is 1.78. The van der Waals surface area contributed by atoms with Crippen molar-refractivity contribution in [1.29, 1.82) is 0 Å². The zero-order valence-corrected chi connectivity index (χ0v) is 21.0. The molecule has 8 nitrogen and oxygen atoms in total. The lowest BCUT2D eigenvalue weighted by molar-refractivity contribution is 0.248. The number of benzene rings is 1. The topological polar surface area (TPSA) is 85.2 Å². The fourth-order valence-electron chi connectivity index (χ4n) is 3.85. The van der Waals surface area contributed by atoms with Crippen molar-refractivity contribution in [3.8, 4) is 11.5 Å². The van der Waals surface area contributed by atoms with E-state index in [4.69, 9.17) is 21.1 Å². The molecule has 2 aromatic heterocycles. The Balaban J connectivity index is 0.00000289. The van der Waals surface area contributed by atoms with Gasteiger partial charge in [0.05, 0.1) is 14.2 Å². The lowest BCUT2D eigenvalue weighted by Crippen LogP contribution is -2.32. The second-order valence-corrected chi connectivity index (χ2v) is 10.3. The smallest absolute Gasteiger partial charge is 0.259 e. The summed E-state index contributed by atoms with van der Waals surface area (Å²) in [7, 11) is -0.422. The van der Waals surface area contributed by atoms with Crippen molar-refractivity contribution in [1.82, 2.24) is 19.0 Å². The van der Waals surface area contributed by atoms with Gasteiger partial charge in [0.25, 0.3) is 10.0 Å². The van der Waals surface area contributed by atoms with Gasteiger partial charge in [0.15, 0.2) is 26.6 Å². The van der Waals surface area contributed by atoms with Crippen LogP contribution in [0.2, 0.25) is 5.15 Å². The fraction of sp³-hybridized carbons (Fsp3) is 0.450. The van der Waals surface area contributed by atoms with Crippen LogP contribution in [0.25, 0.3) is 4.96 Å². The highest BCUT2D eigenvalue weighted by Gasteiger charge is 2.24. The minimum Gasteiger partial charge on any atom is -0.493 e. The van der Waals surface area contributed by atoms with Gasteiger partial charge in [0.2, 0.25) is 0 Å². The van der Waals surface area contributed by atoms with Crippen molar-refractivity contribution in [3.05, 3.63) is 40.0 Å². The number of fused-ring (bicyclic) bond motifs is 2. The molecule has 0 saturated carbocycles. The van der Waals surface area contributed by atoms with Crippen LogP contribution in [0.4, 0.5) is 0 Å². The molecule has 0 fully saturated rings. The molecule has 4 rings (SSSR count). The summed E-state index contributed by atoms with van der Waals surface area (Å²) in [5.74, 6) is 1.51. The normalized spacial score (nSPS) is 14.2. The van der Waals surface area contributed by atoms with Gasteiger partial charge >= 0.3 is 0 Å². The van der Waals surface area contributed by atoms with Gasteiger partial charge in [-0.2, -0.15) is 0 Å². The van der Waals surface area contributed by atoms with Crippen LogP contribution in [-0.2, 0) is 23.0 Å². The van der Waals surface area contributed by atoms with E-state index >= 15 is 0 Å². The van der Waals surface area contributed by atoms with Gasteiger partial charge in [-0.3, -0.25) is 9.30 Å². The van der Waals surface area contributed by atoms with E-state index in [1.165, 1.54) is 26.9 Å². The number of methoxy groups -OCH3 is 2. The highest BCUT2D eigenvalue weighted by molar-refractivity contribution is 7.89. The third kappa shape index (κ3) is 5.16. The Labute approximate surface area is 202 Å².